The molecule has 136 valence electrons. The molecule has 6 nitrogen and oxygen atoms in total. The highest BCUT2D eigenvalue weighted by atomic mass is 35.5. The maximum Gasteiger partial charge on any atom is 0.263 e. The van der Waals surface area contributed by atoms with Crippen molar-refractivity contribution in [3.05, 3.63) is 53.6 Å². The van der Waals surface area contributed by atoms with Gasteiger partial charge in [0.2, 0.25) is 0 Å². The lowest BCUT2D eigenvalue weighted by Gasteiger charge is -2.23. The quantitative estimate of drug-likeness (QED) is 0.690. The molecule has 0 unspecified atom stereocenters. The predicted octanol–water partition coefficient (Wildman–Crippen LogP) is 3.93. The number of anilines is 2. The smallest absolute Gasteiger partial charge is 0.263 e. The zero-order valence-corrected chi connectivity index (χ0v) is 16.0. The second-order valence-corrected chi connectivity index (χ2v) is 7.74. The third kappa shape index (κ3) is 3.73. The predicted molar refractivity (Wildman–Crippen MR) is 105 cm³/mol. The number of hydrogen-bond acceptors (Lipinski definition) is 5. The molecule has 3 rings (SSSR count). The Labute approximate surface area is 157 Å². The molecule has 0 aliphatic carbocycles. The Morgan fingerprint density at radius 1 is 0.962 bits per heavy atom. The fraction of sp³-hybridized carbons (Fsp3) is 0.222. The maximum absolute atomic E-state index is 12.8. The highest BCUT2D eigenvalue weighted by molar-refractivity contribution is 7.92. The van der Waals surface area contributed by atoms with Crippen LogP contribution in [0, 0.1) is 0 Å². The monoisotopic (exact) mass is 390 g/mol. The van der Waals surface area contributed by atoms with E-state index in [1.807, 2.05) is 36.9 Å². The lowest BCUT2D eigenvalue weighted by Crippen LogP contribution is -2.26. The topological polar surface area (TPSA) is 75.2 Å². The van der Waals surface area contributed by atoms with Crippen LogP contribution in [0.3, 0.4) is 0 Å². The van der Waals surface area contributed by atoms with Crippen LogP contribution in [0.5, 0.6) is 0 Å². The van der Waals surface area contributed by atoms with Gasteiger partial charge in [-0.3, -0.25) is 4.72 Å². The van der Waals surface area contributed by atoms with Gasteiger partial charge in [-0.1, -0.05) is 23.7 Å². The molecule has 1 heterocycles. The summed E-state index contributed by atoms with van der Waals surface area (Å²) in [4.78, 5) is 11.2. The molecule has 3 aromatic rings. The van der Waals surface area contributed by atoms with Crippen molar-refractivity contribution < 1.29 is 8.42 Å². The summed E-state index contributed by atoms with van der Waals surface area (Å²) in [6.07, 6.45) is 0. The number of sulfonamides is 1. The van der Waals surface area contributed by atoms with Crippen molar-refractivity contribution in [3.63, 3.8) is 0 Å². The summed E-state index contributed by atoms with van der Waals surface area (Å²) in [5.74, 6) is 0.716. The van der Waals surface area contributed by atoms with E-state index in [-0.39, 0.29) is 10.7 Å². The normalized spacial score (nSPS) is 11.5. The summed E-state index contributed by atoms with van der Waals surface area (Å²) in [6.45, 7) is 5.33. The average molecular weight is 391 g/mol. The number of benzene rings is 2. The Hall–Kier alpha value is -2.38. The van der Waals surface area contributed by atoms with E-state index in [2.05, 4.69) is 14.7 Å². The maximum atomic E-state index is 12.8. The van der Waals surface area contributed by atoms with Gasteiger partial charge in [-0.2, -0.15) is 0 Å². The molecule has 0 bridgehead atoms. The van der Waals surface area contributed by atoms with Crippen molar-refractivity contribution in [1.82, 2.24) is 9.97 Å². The van der Waals surface area contributed by atoms with E-state index in [4.69, 9.17) is 11.6 Å². The van der Waals surface area contributed by atoms with E-state index in [9.17, 15) is 8.42 Å². The van der Waals surface area contributed by atoms with Crippen LogP contribution in [0.2, 0.25) is 5.02 Å². The Kier molecular flexibility index (Phi) is 5.29. The summed E-state index contributed by atoms with van der Waals surface area (Å²) in [6, 6.07) is 13.3. The lowest BCUT2D eigenvalue weighted by atomic mass is 10.3. The molecule has 1 aromatic heterocycles. The fourth-order valence-corrected chi connectivity index (χ4v) is 3.73. The van der Waals surface area contributed by atoms with Gasteiger partial charge < -0.3 is 4.90 Å². The molecule has 2 aromatic carbocycles. The number of halogens is 1. The summed E-state index contributed by atoms with van der Waals surface area (Å²) in [5, 5.41) is 0.471. The van der Waals surface area contributed by atoms with E-state index in [0.717, 1.165) is 0 Å². The van der Waals surface area contributed by atoms with E-state index < -0.39 is 10.0 Å². The molecule has 0 spiro atoms. The Morgan fingerprint density at radius 2 is 1.54 bits per heavy atom. The summed E-state index contributed by atoms with van der Waals surface area (Å²) in [7, 11) is -3.81. The van der Waals surface area contributed by atoms with E-state index in [1.54, 1.807) is 6.07 Å². The molecule has 0 saturated carbocycles. The number of nitrogens with one attached hydrogen (secondary N) is 1. The Morgan fingerprint density at radius 3 is 2.12 bits per heavy atom. The van der Waals surface area contributed by atoms with Crippen LogP contribution >= 0.6 is 11.6 Å². The first kappa shape index (κ1) is 18.4. The van der Waals surface area contributed by atoms with Gasteiger partial charge in [-0.15, -0.1) is 0 Å². The first-order valence-corrected chi connectivity index (χ1v) is 10.1. The summed E-state index contributed by atoms with van der Waals surface area (Å²) < 4.78 is 28.1. The van der Waals surface area contributed by atoms with Crippen LogP contribution in [-0.4, -0.2) is 31.5 Å². The highest BCUT2D eigenvalue weighted by Crippen LogP contribution is 2.27. The second kappa shape index (κ2) is 7.47. The number of nitrogens with zero attached hydrogens (tertiary/aromatic N) is 3. The molecule has 0 amide bonds. The first-order chi connectivity index (χ1) is 12.4. The van der Waals surface area contributed by atoms with E-state index in [0.29, 0.717) is 35.0 Å². The van der Waals surface area contributed by atoms with E-state index in [1.165, 1.54) is 24.3 Å². The summed E-state index contributed by atoms with van der Waals surface area (Å²) >= 11 is 5.85. The second-order valence-electron chi connectivity index (χ2n) is 5.62. The molecule has 1 N–H and O–H groups in total. The van der Waals surface area contributed by atoms with Crippen molar-refractivity contribution in [2.75, 3.05) is 22.7 Å². The van der Waals surface area contributed by atoms with Crippen LogP contribution in [0.25, 0.3) is 11.0 Å². The van der Waals surface area contributed by atoms with Gasteiger partial charge in [0.15, 0.2) is 11.6 Å². The molecule has 0 atom stereocenters. The molecule has 26 heavy (non-hydrogen) atoms. The fourth-order valence-electron chi connectivity index (χ4n) is 2.60. The van der Waals surface area contributed by atoms with Crippen LogP contribution in [0.1, 0.15) is 13.8 Å². The summed E-state index contributed by atoms with van der Waals surface area (Å²) in [5.41, 5.74) is 1.33. The number of aromatic nitrogens is 2. The van der Waals surface area contributed by atoms with Gasteiger partial charge in [0.05, 0.1) is 15.9 Å². The van der Waals surface area contributed by atoms with Gasteiger partial charge in [0, 0.05) is 18.1 Å². The van der Waals surface area contributed by atoms with E-state index >= 15 is 0 Å². The zero-order valence-electron chi connectivity index (χ0n) is 14.5. The minimum Gasteiger partial charge on any atom is -0.354 e. The molecular weight excluding hydrogens is 372 g/mol. The van der Waals surface area contributed by atoms with Crippen LogP contribution in [-0.2, 0) is 10.0 Å². The van der Waals surface area contributed by atoms with Gasteiger partial charge in [-0.05, 0) is 50.2 Å². The minimum atomic E-state index is -3.81. The SMILES string of the molecule is CCN(CC)c1nc2ccccc2nc1NS(=O)(=O)c1ccc(Cl)cc1. The Balaban J connectivity index is 2.10. The molecular formula is C18H19ClN4O2S. The lowest BCUT2D eigenvalue weighted by molar-refractivity contribution is 0.601. The first-order valence-electron chi connectivity index (χ1n) is 8.24. The van der Waals surface area contributed by atoms with Crippen molar-refractivity contribution in [3.8, 4) is 0 Å². The number of rotatable bonds is 6. The number of fused-ring (bicyclic) bond motifs is 1. The standard InChI is InChI=1S/C18H19ClN4O2S/c1-3-23(4-2)18-17(20-15-7-5-6-8-16(15)21-18)22-26(24,25)14-11-9-13(19)10-12-14/h5-12H,3-4H2,1-2H3,(H,20,22). The Bertz CT molecular complexity index is 1020. The third-order valence-electron chi connectivity index (χ3n) is 3.97. The number of para-hydroxylation sites is 2. The highest BCUT2D eigenvalue weighted by Gasteiger charge is 2.21. The molecule has 0 aliphatic heterocycles. The van der Waals surface area contributed by atoms with Gasteiger partial charge in [-0.25, -0.2) is 18.4 Å². The van der Waals surface area contributed by atoms with Crippen molar-refractivity contribution in [1.29, 1.82) is 0 Å². The molecule has 0 aliphatic rings. The minimum absolute atomic E-state index is 0.113. The molecule has 0 fully saturated rings. The van der Waals surface area contributed by atoms with Crippen LogP contribution < -0.4 is 9.62 Å². The average Bonchev–Trinajstić information content (AvgIpc) is 2.63. The zero-order chi connectivity index (χ0) is 18.7. The molecule has 8 heteroatoms. The molecule has 0 radical (unpaired) electrons. The van der Waals surface area contributed by atoms with Gasteiger partial charge >= 0.3 is 0 Å². The van der Waals surface area contributed by atoms with Gasteiger partial charge in [0.25, 0.3) is 10.0 Å². The van der Waals surface area contributed by atoms with Crippen LogP contribution in [0.4, 0.5) is 11.6 Å². The van der Waals surface area contributed by atoms with Crippen molar-refractivity contribution >= 4 is 44.3 Å². The number of hydrogen-bond donors (Lipinski definition) is 1. The third-order valence-corrected chi connectivity index (χ3v) is 5.58. The van der Waals surface area contributed by atoms with Gasteiger partial charge in [0.1, 0.15) is 0 Å². The largest absolute Gasteiger partial charge is 0.354 e. The van der Waals surface area contributed by atoms with Crippen LogP contribution in [0.15, 0.2) is 53.4 Å². The van der Waals surface area contributed by atoms with Crippen molar-refractivity contribution in [2.45, 2.75) is 18.7 Å². The molecule has 0 saturated heterocycles. The van der Waals surface area contributed by atoms with Crippen molar-refractivity contribution in [2.24, 2.45) is 0 Å².